The van der Waals surface area contributed by atoms with Gasteiger partial charge in [-0.1, -0.05) is 90.0 Å². The fourth-order valence-electron chi connectivity index (χ4n) is 4.21. The molecule has 0 saturated carbocycles. The van der Waals surface area contributed by atoms with Crippen LogP contribution < -0.4 is 4.57 Å². The van der Waals surface area contributed by atoms with Gasteiger partial charge in [0.2, 0.25) is 5.60 Å². The van der Waals surface area contributed by atoms with E-state index in [1.165, 1.54) is 5.56 Å². The summed E-state index contributed by atoms with van der Waals surface area (Å²) >= 11 is 0. The van der Waals surface area contributed by atoms with E-state index in [-0.39, 0.29) is 6.61 Å². The number of benzene rings is 3. The van der Waals surface area contributed by atoms with Crippen LogP contribution in [0.5, 0.6) is 0 Å². The van der Waals surface area contributed by atoms with Gasteiger partial charge in [0, 0.05) is 6.92 Å². The Labute approximate surface area is 200 Å². The van der Waals surface area contributed by atoms with Gasteiger partial charge >= 0.3 is 5.97 Å². The molecule has 0 bridgehead atoms. The van der Waals surface area contributed by atoms with Crippen LogP contribution in [0.1, 0.15) is 33.6 Å². The number of ether oxygens (including phenoxy) is 1. The quantitative estimate of drug-likeness (QED) is 0.320. The van der Waals surface area contributed by atoms with Crippen molar-refractivity contribution in [2.45, 2.75) is 39.5 Å². The zero-order valence-electron chi connectivity index (χ0n) is 19.9. The Hall–Kier alpha value is -3.70. The first-order valence-corrected chi connectivity index (χ1v) is 11.5. The van der Waals surface area contributed by atoms with Crippen molar-refractivity contribution < 1.29 is 19.2 Å². The SMILES string of the molecule is Cc1cccc(C(O)(C(=O)OCCn2cc[n+](Cc3ccccc3)c2C)c2cccc(C)c2)c1. The van der Waals surface area contributed by atoms with Crippen LogP contribution >= 0.6 is 0 Å². The fourth-order valence-corrected chi connectivity index (χ4v) is 4.21. The van der Waals surface area contributed by atoms with Gasteiger partial charge in [0.25, 0.3) is 5.82 Å². The summed E-state index contributed by atoms with van der Waals surface area (Å²) in [7, 11) is 0. The Morgan fingerprint density at radius 3 is 2.12 bits per heavy atom. The summed E-state index contributed by atoms with van der Waals surface area (Å²) in [5.74, 6) is 0.387. The molecule has 0 radical (unpaired) electrons. The Balaban J connectivity index is 1.50. The summed E-state index contributed by atoms with van der Waals surface area (Å²) in [6.45, 7) is 7.34. The molecule has 0 unspecified atom stereocenters. The fraction of sp³-hybridized carbons (Fsp3) is 0.241. The molecule has 0 aliphatic heterocycles. The number of esters is 1. The maximum absolute atomic E-state index is 13.3. The van der Waals surface area contributed by atoms with Gasteiger partial charge < -0.3 is 9.84 Å². The topological polar surface area (TPSA) is 55.3 Å². The Kier molecular flexibility index (Phi) is 6.94. The number of hydrogen-bond donors (Lipinski definition) is 1. The van der Waals surface area contributed by atoms with E-state index in [9.17, 15) is 9.90 Å². The molecule has 3 aromatic carbocycles. The Morgan fingerprint density at radius 1 is 0.912 bits per heavy atom. The highest BCUT2D eigenvalue weighted by molar-refractivity contribution is 5.85. The van der Waals surface area contributed by atoms with Crippen LogP contribution in [-0.4, -0.2) is 22.2 Å². The molecular formula is C29H31N2O3+. The lowest BCUT2D eigenvalue weighted by atomic mass is 9.85. The molecule has 4 rings (SSSR count). The molecule has 0 saturated heterocycles. The third-order valence-electron chi connectivity index (χ3n) is 6.19. The van der Waals surface area contributed by atoms with Crippen molar-refractivity contribution in [3.05, 3.63) is 125 Å². The number of carbonyl (C=O) groups is 1. The zero-order valence-corrected chi connectivity index (χ0v) is 19.9. The summed E-state index contributed by atoms with van der Waals surface area (Å²) in [6.07, 6.45) is 4.01. The lowest BCUT2D eigenvalue weighted by molar-refractivity contribution is -0.694. The second kappa shape index (κ2) is 10.1. The molecule has 0 amide bonds. The Bertz CT molecular complexity index is 1230. The van der Waals surface area contributed by atoms with E-state index in [1.54, 1.807) is 12.1 Å². The second-order valence-electron chi connectivity index (χ2n) is 8.74. The van der Waals surface area contributed by atoms with Crippen LogP contribution in [0.25, 0.3) is 0 Å². The summed E-state index contributed by atoms with van der Waals surface area (Å²) in [6, 6.07) is 25.0. The first-order chi connectivity index (χ1) is 16.4. The largest absolute Gasteiger partial charge is 0.459 e. The van der Waals surface area contributed by atoms with Gasteiger partial charge in [-0.2, -0.15) is 0 Å². The average molecular weight is 456 g/mol. The van der Waals surface area contributed by atoms with Gasteiger partial charge in [0.1, 0.15) is 32.1 Å². The lowest BCUT2D eigenvalue weighted by Gasteiger charge is -2.27. The van der Waals surface area contributed by atoms with Crippen LogP contribution in [0.15, 0.2) is 91.3 Å². The normalized spacial score (nSPS) is 11.4. The number of hydrogen-bond acceptors (Lipinski definition) is 3. The standard InChI is InChI=1S/C29H31N2O3/c1-22-9-7-13-26(19-22)29(33,27-14-8-10-23(2)20-27)28(32)34-18-17-30-15-16-31(24(30)3)21-25-11-5-4-6-12-25/h4-16,19-20,33H,17-18,21H2,1-3H3/q+1. The minimum Gasteiger partial charge on any atom is -0.459 e. The number of aryl methyl sites for hydroxylation is 2. The molecule has 1 heterocycles. The maximum atomic E-state index is 13.3. The van der Waals surface area contributed by atoms with E-state index < -0.39 is 11.6 Å². The van der Waals surface area contributed by atoms with Crippen LogP contribution in [0.2, 0.25) is 0 Å². The van der Waals surface area contributed by atoms with E-state index in [0.717, 1.165) is 23.5 Å². The first-order valence-electron chi connectivity index (χ1n) is 11.5. The molecule has 1 aromatic heterocycles. The third-order valence-corrected chi connectivity index (χ3v) is 6.19. The van der Waals surface area contributed by atoms with E-state index in [0.29, 0.717) is 17.7 Å². The van der Waals surface area contributed by atoms with Gasteiger partial charge in [0.15, 0.2) is 0 Å². The van der Waals surface area contributed by atoms with Crippen molar-refractivity contribution in [2.75, 3.05) is 6.61 Å². The van der Waals surface area contributed by atoms with Gasteiger partial charge in [-0.3, -0.25) is 0 Å². The first kappa shape index (κ1) is 23.5. The predicted molar refractivity (Wildman–Crippen MR) is 131 cm³/mol. The minimum atomic E-state index is -1.88. The van der Waals surface area contributed by atoms with Crippen molar-refractivity contribution in [3.8, 4) is 0 Å². The highest BCUT2D eigenvalue weighted by atomic mass is 16.5. The summed E-state index contributed by atoms with van der Waals surface area (Å²) in [4.78, 5) is 13.3. The van der Waals surface area contributed by atoms with Crippen molar-refractivity contribution in [1.82, 2.24) is 4.57 Å². The number of rotatable bonds is 8. The number of aromatic nitrogens is 2. The lowest BCUT2D eigenvalue weighted by Crippen LogP contribution is -2.39. The van der Waals surface area contributed by atoms with Crippen LogP contribution in [0.3, 0.4) is 0 Å². The van der Waals surface area contributed by atoms with E-state index in [2.05, 4.69) is 21.3 Å². The molecule has 0 spiro atoms. The predicted octanol–water partition coefficient (Wildman–Crippen LogP) is 4.23. The van der Waals surface area contributed by atoms with Gasteiger partial charge in [-0.15, -0.1) is 0 Å². The molecule has 0 fully saturated rings. The van der Waals surface area contributed by atoms with E-state index in [4.69, 9.17) is 4.74 Å². The van der Waals surface area contributed by atoms with Crippen molar-refractivity contribution >= 4 is 5.97 Å². The van der Waals surface area contributed by atoms with Gasteiger partial charge in [-0.05, 0) is 30.5 Å². The summed E-state index contributed by atoms with van der Waals surface area (Å²) in [5.41, 5.74) is 2.27. The molecule has 1 N–H and O–H groups in total. The van der Waals surface area contributed by atoms with Crippen molar-refractivity contribution in [1.29, 1.82) is 0 Å². The number of carbonyl (C=O) groups excluding carboxylic acids is 1. The maximum Gasteiger partial charge on any atom is 0.347 e. The second-order valence-corrected chi connectivity index (χ2v) is 8.74. The van der Waals surface area contributed by atoms with Crippen molar-refractivity contribution in [3.63, 3.8) is 0 Å². The van der Waals surface area contributed by atoms with E-state index in [1.807, 2.05) is 87.8 Å². The van der Waals surface area contributed by atoms with Crippen LogP contribution in [0.4, 0.5) is 0 Å². The zero-order chi connectivity index (χ0) is 24.1. The molecule has 174 valence electrons. The number of imidazole rings is 1. The summed E-state index contributed by atoms with van der Waals surface area (Å²) < 4.78 is 9.87. The molecule has 0 aliphatic carbocycles. The number of aliphatic hydroxyl groups is 1. The Morgan fingerprint density at radius 2 is 1.53 bits per heavy atom. The molecule has 0 aliphatic rings. The third kappa shape index (κ3) is 4.95. The molecule has 0 atom stereocenters. The molecular weight excluding hydrogens is 424 g/mol. The average Bonchev–Trinajstić information content (AvgIpc) is 3.18. The number of nitrogens with zero attached hydrogens (tertiary/aromatic N) is 2. The highest BCUT2D eigenvalue weighted by Gasteiger charge is 2.42. The van der Waals surface area contributed by atoms with Gasteiger partial charge in [-0.25, -0.2) is 13.9 Å². The van der Waals surface area contributed by atoms with Crippen molar-refractivity contribution in [2.24, 2.45) is 0 Å². The smallest absolute Gasteiger partial charge is 0.347 e. The molecule has 4 aromatic rings. The molecule has 34 heavy (non-hydrogen) atoms. The van der Waals surface area contributed by atoms with Gasteiger partial charge in [0.05, 0.1) is 0 Å². The highest BCUT2D eigenvalue weighted by Crippen LogP contribution is 2.32. The van der Waals surface area contributed by atoms with E-state index >= 15 is 0 Å². The molecule has 5 nitrogen and oxygen atoms in total. The molecule has 5 heteroatoms. The van der Waals surface area contributed by atoms with Crippen LogP contribution in [0, 0.1) is 20.8 Å². The van der Waals surface area contributed by atoms with Crippen LogP contribution in [-0.2, 0) is 28.2 Å². The minimum absolute atomic E-state index is 0.152. The summed E-state index contributed by atoms with van der Waals surface area (Å²) in [5, 5.41) is 11.7. The monoisotopic (exact) mass is 455 g/mol.